The Morgan fingerprint density at radius 1 is 1.30 bits per heavy atom. The van der Waals surface area contributed by atoms with Crippen LogP contribution < -0.4 is 10.1 Å². The fourth-order valence-corrected chi connectivity index (χ4v) is 2.60. The summed E-state index contributed by atoms with van der Waals surface area (Å²) in [4.78, 5) is 35.9. The van der Waals surface area contributed by atoms with Crippen molar-refractivity contribution in [1.29, 1.82) is 0 Å². The molecular formula is C19H18F4N4O3. The Kier molecular flexibility index (Phi) is 6.28. The first-order valence-corrected chi connectivity index (χ1v) is 9.13. The minimum Gasteiger partial charge on any atom is -0.466 e. The average molecular weight is 426 g/mol. The summed E-state index contributed by atoms with van der Waals surface area (Å²) in [5, 5.41) is 2.59. The van der Waals surface area contributed by atoms with Gasteiger partial charge >= 0.3 is 6.18 Å². The van der Waals surface area contributed by atoms with Gasteiger partial charge in [-0.1, -0.05) is 0 Å². The van der Waals surface area contributed by atoms with Crippen molar-refractivity contribution in [2.45, 2.75) is 38.4 Å². The molecule has 0 saturated heterocycles. The predicted octanol–water partition coefficient (Wildman–Crippen LogP) is 2.96. The summed E-state index contributed by atoms with van der Waals surface area (Å²) < 4.78 is 54.8. The number of alkyl halides is 3. The molecular weight excluding hydrogens is 408 g/mol. The van der Waals surface area contributed by atoms with E-state index in [-0.39, 0.29) is 35.2 Å². The van der Waals surface area contributed by atoms with Gasteiger partial charge in [0.05, 0.1) is 12.5 Å². The third-order valence-corrected chi connectivity index (χ3v) is 4.35. The summed E-state index contributed by atoms with van der Waals surface area (Å²) in [5.74, 6) is -2.11. The van der Waals surface area contributed by atoms with E-state index in [0.29, 0.717) is 0 Å². The molecule has 1 aliphatic rings. The molecule has 0 bridgehead atoms. The number of pyridine rings is 1. The molecule has 7 nitrogen and oxygen atoms in total. The van der Waals surface area contributed by atoms with Crippen LogP contribution in [0.5, 0.6) is 5.88 Å². The molecule has 2 aromatic rings. The Hall–Kier alpha value is -3.11. The van der Waals surface area contributed by atoms with Crippen LogP contribution in [0.25, 0.3) is 0 Å². The third-order valence-electron chi connectivity index (χ3n) is 4.35. The van der Waals surface area contributed by atoms with Crippen molar-refractivity contribution in [2.24, 2.45) is 5.92 Å². The molecule has 0 aliphatic heterocycles. The number of amides is 1. The zero-order valence-corrected chi connectivity index (χ0v) is 15.9. The maximum atomic E-state index is 14.0. The summed E-state index contributed by atoms with van der Waals surface area (Å²) in [5.41, 5.74) is 0.257. The van der Waals surface area contributed by atoms with Crippen LogP contribution in [-0.4, -0.2) is 39.4 Å². The van der Waals surface area contributed by atoms with Gasteiger partial charge in [0, 0.05) is 18.3 Å². The van der Waals surface area contributed by atoms with E-state index in [9.17, 15) is 27.2 Å². The molecule has 1 aliphatic carbocycles. The first-order valence-electron chi connectivity index (χ1n) is 9.13. The van der Waals surface area contributed by atoms with Gasteiger partial charge in [0.1, 0.15) is 17.3 Å². The predicted molar refractivity (Wildman–Crippen MR) is 95.1 cm³/mol. The van der Waals surface area contributed by atoms with Crippen LogP contribution >= 0.6 is 0 Å². The normalized spacial score (nSPS) is 14.8. The Balaban J connectivity index is 1.62. The second kappa shape index (κ2) is 8.72. The molecule has 0 spiro atoms. The van der Waals surface area contributed by atoms with E-state index in [0.717, 1.165) is 25.1 Å². The lowest BCUT2D eigenvalue weighted by atomic mass is 10.1. The van der Waals surface area contributed by atoms with Crippen molar-refractivity contribution in [3.63, 3.8) is 0 Å². The molecule has 3 rings (SSSR count). The van der Waals surface area contributed by atoms with Crippen molar-refractivity contribution in [3.8, 4) is 5.88 Å². The number of hydrogen-bond acceptors (Lipinski definition) is 6. The zero-order valence-electron chi connectivity index (χ0n) is 15.9. The van der Waals surface area contributed by atoms with Crippen LogP contribution in [0, 0.1) is 11.7 Å². The number of hydrogen-bond donors (Lipinski definition) is 1. The molecule has 30 heavy (non-hydrogen) atoms. The van der Waals surface area contributed by atoms with Crippen molar-refractivity contribution >= 4 is 11.7 Å². The molecule has 1 fully saturated rings. The summed E-state index contributed by atoms with van der Waals surface area (Å²) >= 11 is 0. The number of nitrogens with zero attached hydrogens (tertiary/aromatic N) is 3. The standard InChI is InChI=1S/C19H18F4N4O3/c1-10(12-6-13(20)18(25-8-12)30-9-19(21,22)23)26-17(29)14-4-5-24-16(27-14)7-15(28)11-2-3-11/h4-6,8,10-11H,2-3,7,9H2,1H3,(H,26,29). The van der Waals surface area contributed by atoms with E-state index >= 15 is 0 Å². The first-order chi connectivity index (χ1) is 14.1. The van der Waals surface area contributed by atoms with Gasteiger partial charge in [0.15, 0.2) is 12.4 Å². The number of ketones is 1. The fourth-order valence-electron chi connectivity index (χ4n) is 2.60. The molecule has 11 heteroatoms. The number of aromatic nitrogens is 3. The minimum atomic E-state index is -4.62. The number of carbonyl (C=O) groups excluding carboxylic acids is 2. The maximum absolute atomic E-state index is 14.0. The van der Waals surface area contributed by atoms with E-state index in [1.807, 2.05) is 0 Å². The molecule has 1 amide bonds. The number of rotatable bonds is 8. The van der Waals surface area contributed by atoms with Crippen molar-refractivity contribution in [1.82, 2.24) is 20.3 Å². The highest BCUT2D eigenvalue weighted by Gasteiger charge is 2.30. The second-order valence-corrected chi connectivity index (χ2v) is 6.93. The highest BCUT2D eigenvalue weighted by molar-refractivity contribution is 5.92. The van der Waals surface area contributed by atoms with Crippen LogP contribution in [0.2, 0.25) is 0 Å². The number of carbonyl (C=O) groups is 2. The molecule has 0 aromatic carbocycles. The highest BCUT2D eigenvalue weighted by atomic mass is 19.4. The van der Waals surface area contributed by atoms with E-state index in [4.69, 9.17) is 0 Å². The van der Waals surface area contributed by atoms with Gasteiger partial charge in [0.2, 0.25) is 0 Å². The average Bonchev–Trinajstić information content (AvgIpc) is 3.51. The van der Waals surface area contributed by atoms with Gasteiger partial charge in [-0.3, -0.25) is 9.59 Å². The lowest BCUT2D eigenvalue weighted by Gasteiger charge is -2.15. The number of halogens is 4. The fraction of sp³-hybridized carbons (Fsp3) is 0.421. The Bertz CT molecular complexity index is 948. The monoisotopic (exact) mass is 426 g/mol. The molecule has 1 saturated carbocycles. The molecule has 1 unspecified atom stereocenters. The van der Waals surface area contributed by atoms with E-state index in [1.54, 1.807) is 6.92 Å². The van der Waals surface area contributed by atoms with Gasteiger partial charge in [0.25, 0.3) is 11.8 Å². The number of Topliss-reactive ketones (excluding diaryl/α,β-unsaturated/α-hetero) is 1. The lowest BCUT2D eigenvalue weighted by molar-refractivity contribution is -0.154. The van der Waals surface area contributed by atoms with Crippen LogP contribution in [0.1, 0.15) is 47.7 Å². The molecule has 2 heterocycles. The largest absolute Gasteiger partial charge is 0.466 e. The molecule has 2 aromatic heterocycles. The topological polar surface area (TPSA) is 94.1 Å². The summed E-state index contributed by atoms with van der Waals surface area (Å²) in [7, 11) is 0. The van der Waals surface area contributed by atoms with E-state index in [1.165, 1.54) is 12.3 Å². The van der Waals surface area contributed by atoms with Crippen LogP contribution in [0.3, 0.4) is 0 Å². The zero-order chi connectivity index (χ0) is 21.9. The van der Waals surface area contributed by atoms with Crippen molar-refractivity contribution < 1.29 is 31.9 Å². The van der Waals surface area contributed by atoms with Gasteiger partial charge < -0.3 is 10.1 Å². The minimum absolute atomic E-state index is 0.0361. The molecule has 160 valence electrons. The smallest absolute Gasteiger partial charge is 0.422 e. The molecule has 1 N–H and O–H groups in total. The summed E-state index contributed by atoms with van der Waals surface area (Å²) in [6.07, 6.45) is -0.360. The number of nitrogens with one attached hydrogen (secondary N) is 1. The van der Waals surface area contributed by atoms with Crippen LogP contribution in [0.4, 0.5) is 17.6 Å². The van der Waals surface area contributed by atoms with Crippen molar-refractivity contribution in [3.05, 3.63) is 47.4 Å². The second-order valence-electron chi connectivity index (χ2n) is 6.93. The van der Waals surface area contributed by atoms with Crippen molar-refractivity contribution in [2.75, 3.05) is 6.61 Å². The highest BCUT2D eigenvalue weighted by Crippen LogP contribution is 2.30. The van der Waals surface area contributed by atoms with E-state index < -0.39 is 36.4 Å². The van der Waals surface area contributed by atoms with Gasteiger partial charge in [-0.2, -0.15) is 13.2 Å². The molecule has 0 radical (unpaired) electrons. The van der Waals surface area contributed by atoms with Crippen LogP contribution in [-0.2, 0) is 11.2 Å². The van der Waals surface area contributed by atoms with Gasteiger partial charge in [-0.15, -0.1) is 0 Å². The SMILES string of the molecule is CC(NC(=O)c1ccnc(CC(=O)C2CC2)n1)c1cnc(OCC(F)(F)F)c(F)c1. The Labute approximate surface area is 168 Å². The van der Waals surface area contributed by atoms with Crippen LogP contribution in [0.15, 0.2) is 24.5 Å². The third kappa shape index (κ3) is 5.94. The summed E-state index contributed by atoms with van der Waals surface area (Å²) in [6, 6.07) is 1.59. The molecule has 1 atom stereocenters. The lowest BCUT2D eigenvalue weighted by Crippen LogP contribution is -2.28. The van der Waals surface area contributed by atoms with Gasteiger partial charge in [-0.25, -0.2) is 19.3 Å². The first kappa shape index (κ1) is 21.6. The Morgan fingerprint density at radius 2 is 2.03 bits per heavy atom. The van der Waals surface area contributed by atoms with Gasteiger partial charge in [-0.05, 0) is 37.5 Å². The number of ether oxygens (including phenoxy) is 1. The Morgan fingerprint density at radius 3 is 2.67 bits per heavy atom. The van der Waals surface area contributed by atoms with E-state index in [2.05, 4.69) is 25.0 Å². The summed E-state index contributed by atoms with van der Waals surface area (Å²) in [6.45, 7) is -0.120. The maximum Gasteiger partial charge on any atom is 0.422 e. The quantitative estimate of drug-likeness (QED) is 0.653.